The lowest BCUT2D eigenvalue weighted by Gasteiger charge is -2.03. The number of hydrogen-bond donors (Lipinski definition) is 5. The fourth-order valence-corrected chi connectivity index (χ4v) is 0.987. The van der Waals surface area contributed by atoms with Crippen molar-refractivity contribution in [1.29, 1.82) is 0 Å². The average molecular weight is 325 g/mol. The van der Waals surface area contributed by atoms with Crippen molar-refractivity contribution >= 4 is 29.6 Å². The molecule has 0 unspecified atom stereocenters. The highest BCUT2D eigenvalue weighted by Crippen LogP contribution is 2.16. The predicted molar refractivity (Wildman–Crippen MR) is 80.4 cm³/mol. The van der Waals surface area contributed by atoms with Gasteiger partial charge in [-0.15, -0.1) is 0 Å². The van der Waals surface area contributed by atoms with E-state index in [1.807, 2.05) is 0 Å². The Morgan fingerprint density at radius 1 is 0.870 bits per heavy atom. The summed E-state index contributed by atoms with van der Waals surface area (Å²) in [5.74, 6) is -4.60. The number of anilines is 1. The molecule has 9 nitrogen and oxygen atoms in total. The van der Waals surface area contributed by atoms with E-state index in [0.29, 0.717) is 0 Å². The molecule has 124 valence electrons. The molecule has 0 radical (unpaired) electrons. The highest BCUT2D eigenvalue weighted by Gasteiger charge is 2.17. The molecule has 6 N–H and O–H groups in total. The Hall–Kier alpha value is -3.62. The van der Waals surface area contributed by atoms with Gasteiger partial charge in [-0.05, 0) is 12.1 Å². The first-order valence-electron chi connectivity index (χ1n) is 5.64. The first kappa shape index (κ1) is 21.7. The summed E-state index contributed by atoms with van der Waals surface area (Å²) in [6.45, 7) is 5.92. The summed E-state index contributed by atoms with van der Waals surface area (Å²) >= 11 is 0. The lowest BCUT2D eigenvalue weighted by atomic mass is 10.1. The van der Waals surface area contributed by atoms with Crippen LogP contribution in [0, 0.1) is 0 Å². The Morgan fingerprint density at radius 3 is 1.48 bits per heavy atom. The zero-order chi connectivity index (χ0) is 18.6. The molecule has 0 saturated heterocycles. The molecule has 0 fully saturated rings. The van der Waals surface area contributed by atoms with Crippen LogP contribution in [0.25, 0.3) is 0 Å². The first-order valence-corrected chi connectivity index (χ1v) is 5.64. The molecule has 0 aromatic heterocycles. The lowest BCUT2D eigenvalue weighted by Crippen LogP contribution is -2.10. The Bertz CT molecular complexity index is 603. The zero-order valence-corrected chi connectivity index (χ0v) is 11.8. The number of hydrogen-bond acceptors (Lipinski definition) is 5. The van der Waals surface area contributed by atoms with E-state index < -0.39 is 23.9 Å². The predicted octanol–water partition coefficient (Wildman–Crippen LogP) is 1.18. The van der Waals surface area contributed by atoms with Gasteiger partial charge in [0.2, 0.25) is 0 Å². The van der Waals surface area contributed by atoms with E-state index in [4.69, 9.17) is 26.2 Å². The van der Waals surface area contributed by atoms with E-state index in [1.54, 1.807) is 0 Å². The molecule has 0 bridgehead atoms. The Labute approximate surface area is 130 Å². The molecule has 0 heterocycles. The van der Waals surface area contributed by atoms with E-state index in [-0.39, 0.29) is 16.8 Å². The zero-order valence-electron chi connectivity index (χ0n) is 11.8. The number of nitrogens with two attached hydrogens (primary N) is 1. The summed E-state index contributed by atoms with van der Waals surface area (Å²) in [5, 5.41) is 32.5. The molecule has 0 atom stereocenters. The van der Waals surface area contributed by atoms with E-state index in [1.165, 1.54) is 18.2 Å². The van der Waals surface area contributed by atoms with Crippen molar-refractivity contribution in [3.05, 3.63) is 54.6 Å². The van der Waals surface area contributed by atoms with Crippen LogP contribution in [0.1, 0.15) is 20.7 Å². The van der Waals surface area contributed by atoms with Gasteiger partial charge in [0.05, 0.1) is 11.1 Å². The maximum Gasteiger partial charge on any atom is 0.338 e. The van der Waals surface area contributed by atoms with Crippen LogP contribution in [-0.2, 0) is 9.59 Å². The van der Waals surface area contributed by atoms with Crippen molar-refractivity contribution in [1.82, 2.24) is 0 Å². The van der Waals surface area contributed by atoms with Gasteiger partial charge in [0, 0.05) is 17.8 Å². The number of benzene rings is 1. The second-order valence-electron chi connectivity index (χ2n) is 3.46. The molecule has 0 saturated carbocycles. The Kier molecular flexibility index (Phi) is 10.4. The summed E-state index contributed by atoms with van der Waals surface area (Å²) in [6, 6.07) is 3.93. The van der Waals surface area contributed by atoms with Crippen LogP contribution < -0.4 is 5.73 Å². The van der Waals surface area contributed by atoms with Gasteiger partial charge in [0.15, 0.2) is 0 Å². The second kappa shape index (κ2) is 11.1. The van der Waals surface area contributed by atoms with Crippen LogP contribution in [0.2, 0.25) is 0 Å². The van der Waals surface area contributed by atoms with Crippen LogP contribution in [0.15, 0.2) is 43.5 Å². The van der Waals surface area contributed by atoms with Gasteiger partial charge >= 0.3 is 23.9 Å². The molecule has 0 aliphatic heterocycles. The molecule has 0 spiro atoms. The number of aromatic carboxylic acids is 2. The second-order valence-corrected chi connectivity index (χ2v) is 3.46. The molecular formula is C14H15NO8. The Morgan fingerprint density at radius 2 is 1.26 bits per heavy atom. The van der Waals surface area contributed by atoms with E-state index >= 15 is 0 Å². The maximum absolute atomic E-state index is 10.6. The minimum Gasteiger partial charge on any atom is -0.478 e. The minimum absolute atomic E-state index is 0.0487. The maximum atomic E-state index is 10.6. The van der Waals surface area contributed by atoms with Crippen LogP contribution in [0.5, 0.6) is 0 Å². The summed E-state index contributed by atoms with van der Waals surface area (Å²) < 4.78 is 0. The lowest BCUT2D eigenvalue weighted by molar-refractivity contribution is -0.132. The van der Waals surface area contributed by atoms with Gasteiger partial charge in [0.1, 0.15) is 0 Å². The normalized spacial score (nSPS) is 8.17. The molecule has 1 aromatic carbocycles. The number of aliphatic carboxylic acids is 2. The van der Waals surface area contributed by atoms with Crippen LogP contribution in [-0.4, -0.2) is 44.3 Å². The highest BCUT2D eigenvalue weighted by molar-refractivity contribution is 6.05. The topological polar surface area (TPSA) is 175 Å². The third-order valence-electron chi connectivity index (χ3n) is 1.89. The molecule has 0 aliphatic carbocycles. The first-order chi connectivity index (χ1) is 10.6. The van der Waals surface area contributed by atoms with Gasteiger partial charge in [0.25, 0.3) is 0 Å². The smallest absolute Gasteiger partial charge is 0.338 e. The summed E-state index contributed by atoms with van der Waals surface area (Å²) in [4.78, 5) is 39.7. The Balaban J connectivity index is 0. The van der Waals surface area contributed by atoms with Gasteiger partial charge in [-0.3, -0.25) is 0 Å². The van der Waals surface area contributed by atoms with E-state index in [9.17, 15) is 19.2 Å². The fraction of sp³-hybridized carbons (Fsp3) is 0. The highest BCUT2D eigenvalue weighted by atomic mass is 16.4. The molecule has 9 heteroatoms. The fourth-order valence-electron chi connectivity index (χ4n) is 0.987. The largest absolute Gasteiger partial charge is 0.478 e. The van der Waals surface area contributed by atoms with E-state index in [2.05, 4.69) is 13.2 Å². The minimum atomic E-state index is -1.34. The number of carboxylic acids is 4. The van der Waals surface area contributed by atoms with Crippen molar-refractivity contribution < 1.29 is 39.6 Å². The van der Waals surface area contributed by atoms with Gasteiger partial charge in [-0.25, -0.2) is 19.2 Å². The average Bonchev–Trinajstić information content (AvgIpc) is 2.47. The van der Waals surface area contributed by atoms with Crippen LogP contribution in [0.3, 0.4) is 0 Å². The molecule has 0 aliphatic rings. The van der Waals surface area contributed by atoms with Gasteiger partial charge in [-0.1, -0.05) is 19.2 Å². The SMILES string of the molecule is C=CC(=O)O.C=CC(=O)O.Nc1cccc(C(=O)O)c1C(=O)O. The van der Waals surface area contributed by atoms with Crippen molar-refractivity contribution in [2.75, 3.05) is 5.73 Å². The summed E-state index contributed by atoms with van der Waals surface area (Å²) in [5.41, 5.74) is 4.60. The van der Waals surface area contributed by atoms with E-state index in [0.717, 1.165) is 12.2 Å². The molecule has 1 rings (SSSR count). The number of carbonyl (C=O) groups is 4. The third-order valence-corrected chi connectivity index (χ3v) is 1.89. The van der Waals surface area contributed by atoms with Crippen molar-refractivity contribution in [2.24, 2.45) is 0 Å². The molecule has 1 aromatic rings. The monoisotopic (exact) mass is 325 g/mol. The number of carboxylic acid groups (broad SMARTS) is 4. The van der Waals surface area contributed by atoms with Gasteiger partial charge < -0.3 is 26.2 Å². The van der Waals surface area contributed by atoms with Crippen LogP contribution in [0.4, 0.5) is 5.69 Å². The summed E-state index contributed by atoms with van der Waals surface area (Å²) in [6.07, 6.45) is 1.67. The number of rotatable bonds is 4. The van der Waals surface area contributed by atoms with Crippen molar-refractivity contribution in [3.63, 3.8) is 0 Å². The van der Waals surface area contributed by atoms with Crippen LogP contribution >= 0.6 is 0 Å². The molecular weight excluding hydrogens is 310 g/mol. The van der Waals surface area contributed by atoms with Crippen molar-refractivity contribution in [3.8, 4) is 0 Å². The van der Waals surface area contributed by atoms with Crippen molar-refractivity contribution in [2.45, 2.75) is 0 Å². The number of nitrogen functional groups attached to an aromatic ring is 1. The van der Waals surface area contributed by atoms with Gasteiger partial charge in [-0.2, -0.15) is 0 Å². The molecule has 23 heavy (non-hydrogen) atoms. The molecule has 0 amide bonds. The summed E-state index contributed by atoms with van der Waals surface area (Å²) in [7, 11) is 0. The standard InChI is InChI=1S/C8H7NO4.2C3H4O2/c9-5-3-1-2-4(7(10)11)6(5)8(12)13;2*1-2-3(4)5/h1-3H,9H2,(H,10,11)(H,12,13);2*2H,1H2,(H,4,5). The quantitative estimate of drug-likeness (QED) is 0.402. The third kappa shape index (κ3) is 9.85.